The molecule has 1 aromatic heterocycles. The molecule has 2 heterocycles. The monoisotopic (exact) mass is 284 g/mol. The summed E-state index contributed by atoms with van der Waals surface area (Å²) < 4.78 is 26.9. The van der Waals surface area contributed by atoms with Gasteiger partial charge in [0.15, 0.2) is 0 Å². The van der Waals surface area contributed by atoms with E-state index in [0.29, 0.717) is 0 Å². The third-order valence-electron chi connectivity index (χ3n) is 4.10. The minimum Gasteiger partial charge on any atom is -0.357 e. The van der Waals surface area contributed by atoms with Gasteiger partial charge in [-0.2, -0.15) is 0 Å². The summed E-state index contributed by atoms with van der Waals surface area (Å²) in [6.45, 7) is 0.789. The van der Waals surface area contributed by atoms with E-state index in [4.69, 9.17) is 0 Å². The van der Waals surface area contributed by atoms with Crippen LogP contribution in [0.15, 0.2) is 42.5 Å². The Labute approximate surface area is 120 Å². The zero-order valence-corrected chi connectivity index (χ0v) is 11.3. The summed E-state index contributed by atoms with van der Waals surface area (Å²) in [4.78, 5) is 3.36. The van der Waals surface area contributed by atoms with Gasteiger partial charge in [0.2, 0.25) is 0 Å². The molecule has 0 saturated carbocycles. The summed E-state index contributed by atoms with van der Waals surface area (Å²) in [5, 5.41) is 4.33. The largest absolute Gasteiger partial charge is 0.357 e. The molecule has 0 radical (unpaired) electrons. The second-order valence-corrected chi connectivity index (χ2v) is 5.40. The van der Waals surface area contributed by atoms with Gasteiger partial charge in [0.05, 0.1) is 6.04 Å². The van der Waals surface area contributed by atoms with E-state index in [2.05, 4.69) is 10.3 Å². The Hall–Kier alpha value is -2.20. The van der Waals surface area contributed by atoms with Gasteiger partial charge in [-0.25, -0.2) is 8.78 Å². The van der Waals surface area contributed by atoms with E-state index in [1.54, 1.807) is 24.3 Å². The van der Waals surface area contributed by atoms with Crippen LogP contribution in [0.2, 0.25) is 0 Å². The predicted molar refractivity (Wildman–Crippen MR) is 78.2 cm³/mol. The predicted octanol–water partition coefficient (Wildman–Crippen LogP) is 3.68. The summed E-state index contributed by atoms with van der Waals surface area (Å²) >= 11 is 0. The summed E-state index contributed by atoms with van der Waals surface area (Å²) in [6, 6.07) is 11.3. The van der Waals surface area contributed by atoms with Crippen LogP contribution in [0.1, 0.15) is 22.9 Å². The van der Waals surface area contributed by atoms with Gasteiger partial charge in [0, 0.05) is 23.1 Å². The third-order valence-corrected chi connectivity index (χ3v) is 4.10. The summed E-state index contributed by atoms with van der Waals surface area (Å²) in [6.07, 6.45) is 0.838. The molecule has 106 valence electrons. The number of benzene rings is 2. The zero-order valence-electron chi connectivity index (χ0n) is 11.3. The van der Waals surface area contributed by atoms with Gasteiger partial charge in [-0.1, -0.05) is 12.1 Å². The van der Waals surface area contributed by atoms with Gasteiger partial charge < -0.3 is 10.3 Å². The lowest BCUT2D eigenvalue weighted by Gasteiger charge is -2.24. The van der Waals surface area contributed by atoms with Crippen molar-refractivity contribution in [2.75, 3.05) is 6.54 Å². The standard InChI is InChI=1S/C17H14F2N2/c18-11-3-1-2-10(8-11)16-17-13(6-7-20-16)14-9-12(19)4-5-15(14)21-17/h1-5,8-9,16,20-21H,6-7H2. The van der Waals surface area contributed by atoms with Crippen molar-refractivity contribution >= 4 is 10.9 Å². The molecular formula is C17H14F2N2. The first-order chi connectivity index (χ1) is 10.2. The Balaban J connectivity index is 1.90. The molecule has 1 atom stereocenters. The quantitative estimate of drug-likeness (QED) is 0.701. The van der Waals surface area contributed by atoms with E-state index in [1.807, 2.05) is 6.07 Å². The molecule has 0 saturated heterocycles. The molecule has 3 aromatic rings. The number of fused-ring (bicyclic) bond motifs is 3. The Morgan fingerprint density at radius 3 is 2.71 bits per heavy atom. The first kappa shape index (κ1) is 12.5. The Bertz CT molecular complexity index is 823. The molecule has 4 rings (SSSR count). The zero-order chi connectivity index (χ0) is 14.4. The average Bonchev–Trinajstić information content (AvgIpc) is 2.85. The SMILES string of the molecule is Fc1cccc(C2NCCc3c2[nH]c2ccc(F)cc32)c1. The van der Waals surface area contributed by atoms with Crippen molar-refractivity contribution in [3.8, 4) is 0 Å². The van der Waals surface area contributed by atoms with Crippen LogP contribution in [0.5, 0.6) is 0 Å². The number of aromatic amines is 1. The number of rotatable bonds is 1. The van der Waals surface area contributed by atoms with Gasteiger partial charge >= 0.3 is 0 Å². The highest BCUT2D eigenvalue weighted by atomic mass is 19.1. The van der Waals surface area contributed by atoms with Crippen LogP contribution in [0.25, 0.3) is 10.9 Å². The molecule has 0 aliphatic carbocycles. The number of H-pyrrole nitrogens is 1. The highest BCUT2D eigenvalue weighted by molar-refractivity contribution is 5.85. The number of nitrogens with one attached hydrogen (secondary N) is 2. The Morgan fingerprint density at radius 2 is 1.86 bits per heavy atom. The van der Waals surface area contributed by atoms with Gasteiger partial charge in [-0.15, -0.1) is 0 Å². The van der Waals surface area contributed by atoms with Gasteiger partial charge in [-0.05, 0) is 47.9 Å². The number of hydrogen-bond donors (Lipinski definition) is 2. The van der Waals surface area contributed by atoms with Gasteiger partial charge in [0.25, 0.3) is 0 Å². The van der Waals surface area contributed by atoms with E-state index in [1.165, 1.54) is 12.1 Å². The van der Waals surface area contributed by atoms with E-state index in [0.717, 1.165) is 40.7 Å². The van der Waals surface area contributed by atoms with E-state index in [-0.39, 0.29) is 17.7 Å². The topological polar surface area (TPSA) is 27.8 Å². The maximum atomic E-state index is 13.5. The van der Waals surface area contributed by atoms with Gasteiger partial charge in [-0.3, -0.25) is 0 Å². The molecule has 2 N–H and O–H groups in total. The molecule has 0 amide bonds. The van der Waals surface area contributed by atoms with Crippen molar-refractivity contribution in [3.63, 3.8) is 0 Å². The molecule has 0 bridgehead atoms. The lowest BCUT2D eigenvalue weighted by molar-refractivity contribution is 0.553. The molecule has 2 nitrogen and oxygen atoms in total. The van der Waals surface area contributed by atoms with Crippen molar-refractivity contribution in [2.24, 2.45) is 0 Å². The fourth-order valence-electron chi connectivity index (χ4n) is 3.17. The molecule has 1 aliphatic heterocycles. The first-order valence-corrected chi connectivity index (χ1v) is 7.01. The molecule has 2 aromatic carbocycles. The lowest BCUT2D eigenvalue weighted by Crippen LogP contribution is -2.30. The van der Waals surface area contributed by atoms with Crippen LogP contribution in [-0.4, -0.2) is 11.5 Å². The van der Waals surface area contributed by atoms with E-state index < -0.39 is 0 Å². The van der Waals surface area contributed by atoms with Crippen LogP contribution < -0.4 is 5.32 Å². The highest BCUT2D eigenvalue weighted by Crippen LogP contribution is 2.33. The fraction of sp³-hybridized carbons (Fsp3) is 0.176. The van der Waals surface area contributed by atoms with Gasteiger partial charge in [0.1, 0.15) is 11.6 Å². The van der Waals surface area contributed by atoms with Crippen molar-refractivity contribution in [1.29, 1.82) is 0 Å². The Kier molecular flexibility index (Phi) is 2.79. The van der Waals surface area contributed by atoms with E-state index >= 15 is 0 Å². The van der Waals surface area contributed by atoms with Crippen molar-refractivity contribution in [3.05, 3.63) is 70.9 Å². The molecule has 1 aliphatic rings. The molecule has 4 heteroatoms. The van der Waals surface area contributed by atoms with Crippen LogP contribution in [0.4, 0.5) is 8.78 Å². The van der Waals surface area contributed by atoms with Crippen LogP contribution >= 0.6 is 0 Å². The average molecular weight is 284 g/mol. The smallest absolute Gasteiger partial charge is 0.123 e. The maximum Gasteiger partial charge on any atom is 0.123 e. The van der Waals surface area contributed by atoms with E-state index in [9.17, 15) is 8.78 Å². The van der Waals surface area contributed by atoms with Crippen molar-refractivity contribution < 1.29 is 8.78 Å². The Morgan fingerprint density at radius 1 is 1.00 bits per heavy atom. The first-order valence-electron chi connectivity index (χ1n) is 7.01. The number of aromatic nitrogens is 1. The summed E-state index contributed by atoms with van der Waals surface area (Å²) in [5.41, 5.74) is 3.93. The minimum absolute atomic E-state index is 0.0834. The third kappa shape index (κ3) is 2.03. The molecular weight excluding hydrogens is 270 g/mol. The molecule has 0 fully saturated rings. The normalized spacial score (nSPS) is 17.9. The number of halogens is 2. The second-order valence-electron chi connectivity index (χ2n) is 5.40. The summed E-state index contributed by atoms with van der Waals surface area (Å²) in [7, 11) is 0. The highest BCUT2D eigenvalue weighted by Gasteiger charge is 2.25. The van der Waals surface area contributed by atoms with Crippen LogP contribution in [0, 0.1) is 11.6 Å². The molecule has 21 heavy (non-hydrogen) atoms. The van der Waals surface area contributed by atoms with Crippen molar-refractivity contribution in [2.45, 2.75) is 12.5 Å². The van der Waals surface area contributed by atoms with Crippen LogP contribution in [-0.2, 0) is 6.42 Å². The van der Waals surface area contributed by atoms with Crippen LogP contribution in [0.3, 0.4) is 0 Å². The summed E-state index contributed by atoms with van der Waals surface area (Å²) in [5.74, 6) is -0.478. The molecule has 0 spiro atoms. The fourth-order valence-corrected chi connectivity index (χ4v) is 3.17. The number of hydrogen-bond acceptors (Lipinski definition) is 1. The second kappa shape index (κ2) is 4.67. The lowest BCUT2D eigenvalue weighted by atomic mass is 9.94. The minimum atomic E-state index is -0.247. The van der Waals surface area contributed by atoms with Crippen molar-refractivity contribution in [1.82, 2.24) is 10.3 Å². The molecule has 1 unspecified atom stereocenters. The maximum absolute atomic E-state index is 13.5.